The van der Waals surface area contributed by atoms with Crippen molar-refractivity contribution in [3.63, 3.8) is 0 Å². The molecule has 4 N–H and O–H groups in total. The van der Waals surface area contributed by atoms with E-state index >= 15 is 0 Å². The van der Waals surface area contributed by atoms with Gasteiger partial charge in [0.1, 0.15) is 0 Å². The van der Waals surface area contributed by atoms with E-state index in [2.05, 4.69) is 5.32 Å². The third-order valence-corrected chi connectivity index (χ3v) is 3.01. The Morgan fingerprint density at radius 3 is 2.94 bits per heavy atom. The van der Waals surface area contributed by atoms with Gasteiger partial charge in [-0.3, -0.25) is 0 Å². The van der Waals surface area contributed by atoms with Crippen LogP contribution in [0, 0.1) is 0 Å². The Morgan fingerprint density at radius 1 is 1.47 bits per heavy atom. The van der Waals surface area contributed by atoms with Crippen LogP contribution in [0.3, 0.4) is 0 Å². The van der Waals surface area contributed by atoms with Crippen molar-refractivity contribution in [1.82, 2.24) is 4.90 Å². The van der Waals surface area contributed by atoms with Crippen molar-refractivity contribution in [3.8, 4) is 0 Å². The van der Waals surface area contributed by atoms with Gasteiger partial charge < -0.3 is 21.1 Å². The average molecular weight is 235 g/mol. The molecule has 5 nitrogen and oxygen atoms in total. The number of likely N-dealkylation sites (tertiary alicyclic amines) is 1. The van der Waals surface area contributed by atoms with Gasteiger partial charge in [-0.25, -0.2) is 4.79 Å². The maximum absolute atomic E-state index is 10.9. The van der Waals surface area contributed by atoms with E-state index in [-0.39, 0.29) is 6.04 Å². The number of amides is 1. The number of hydrogen-bond acceptors (Lipinski definition) is 3. The molecule has 0 saturated carbocycles. The number of nitrogen functional groups attached to an aromatic ring is 1. The first-order valence-corrected chi connectivity index (χ1v) is 5.75. The summed E-state index contributed by atoms with van der Waals surface area (Å²) < 4.78 is 0. The minimum Gasteiger partial charge on any atom is -0.465 e. The van der Waals surface area contributed by atoms with E-state index in [0.29, 0.717) is 18.8 Å². The first-order valence-electron chi connectivity index (χ1n) is 5.75. The molecule has 92 valence electrons. The summed E-state index contributed by atoms with van der Waals surface area (Å²) in [7, 11) is 0. The number of carbonyl (C=O) groups is 1. The fourth-order valence-electron chi connectivity index (χ4n) is 2.12. The Morgan fingerprint density at radius 2 is 2.24 bits per heavy atom. The summed E-state index contributed by atoms with van der Waals surface area (Å²) in [6.07, 6.45) is 1.01. The van der Waals surface area contributed by atoms with Crippen LogP contribution in [0.5, 0.6) is 0 Å². The van der Waals surface area contributed by atoms with E-state index in [4.69, 9.17) is 10.8 Å². The lowest BCUT2D eigenvalue weighted by Crippen LogP contribution is -2.44. The molecule has 0 spiro atoms. The van der Waals surface area contributed by atoms with Gasteiger partial charge in [0.2, 0.25) is 0 Å². The number of nitrogens with two attached hydrogens (primary N) is 1. The number of benzene rings is 1. The Labute approximate surface area is 100 Å². The molecule has 1 unspecified atom stereocenters. The van der Waals surface area contributed by atoms with E-state index in [1.165, 1.54) is 4.90 Å². The molecule has 1 aromatic rings. The SMILES string of the molecule is Nc1ccccc1NC1CCCN(C(=O)O)C1. The molecule has 1 aromatic carbocycles. The summed E-state index contributed by atoms with van der Waals surface area (Å²) >= 11 is 0. The molecule has 17 heavy (non-hydrogen) atoms. The molecule has 0 aromatic heterocycles. The van der Waals surface area contributed by atoms with Gasteiger partial charge in [0.05, 0.1) is 11.4 Å². The Balaban J connectivity index is 1.99. The monoisotopic (exact) mass is 235 g/mol. The summed E-state index contributed by atoms with van der Waals surface area (Å²) in [5.41, 5.74) is 7.41. The molecule has 0 radical (unpaired) electrons. The highest BCUT2D eigenvalue weighted by Crippen LogP contribution is 2.21. The van der Waals surface area contributed by atoms with Crippen LogP contribution >= 0.6 is 0 Å². The lowest BCUT2D eigenvalue weighted by Gasteiger charge is -2.32. The molecule has 1 saturated heterocycles. The number of carboxylic acid groups (broad SMARTS) is 1. The third kappa shape index (κ3) is 2.81. The maximum atomic E-state index is 10.9. The Bertz CT molecular complexity index is 408. The quantitative estimate of drug-likeness (QED) is 0.683. The van der Waals surface area contributed by atoms with Gasteiger partial charge in [0.15, 0.2) is 0 Å². The standard InChI is InChI=1S/C12H17N3O2/c13-10-5-1-2-6-11(10)14-9-4-3-7-15(8-9)12(16)17/h1-2,5-6,9,14H,3-4,7-8,13H2,(H,16,17). The number of hydrogen-bond donors (Lipinski definition) is 3. The van der Waals surface area contributed by atoms with E-state index in [1.807, 2.05) is 24.3 Å². The molecule has 1 aliphatic heterocycles. The number of rotatable bonds is 2. The molecule has 1 heterocycles. The van der Waals surface area contributed by atoms with Crippen LogP contribution in [0.25, 0.3) is 0 Å². The van der Waals surface area contributed by atoms with Gasteiger partial charge in [0.25, 0.3) is 0 Å². The number of anilines is 2. The molecule has 2 rings (SSSR count). The molecule has 1 amide bonds. The van der Waals surface area contributed by atoms with Crippen molar-refractivity contribution in [2.24, 2.45) is 0 Å². The van der Waals surface area contributed by atoms with Crippen LogP contribution in [-0.2, 0) is 0 Å². The van der Waals surface area contributed by atoms with Crippen LogP contribution in [-0.4, -0.2) is 35.2 Å². The van der Waals surface area contributed by atoms with Gasteiger partial charge in [-0.15, -0.1) is 0 Å². The zero-order valence-electron chi connectivity index (χ0n) is 9.60. The highest BCUT2D eigenvalue weighted by atomic mass is 16.4. The van der Waals surface area contributed by atoms with Gasteiger partial charge in [-0.05, 0) is 25.0 Å². The number of para-hydroxylation sites is 2. The smallest absolute Gasteiger partial charge is 0.407 e. The highest BCUT2D eigenvalue weighted by molar-refractivity contribution is 5.67. The zero-order valence-corrected chi connectivity index (χ0v) is 9.60. The second kappa shape index (κ2) is 4.95. The normalized spacial score (nSPS) is 20.0. The third-order valence-electron chi connectivity index (χ3n) is 3.01. The van der Waals surface area contributed by atoms with Crippen LogP contribution in [0.4, 0.5) is 16.2 Å². The van der Waals surface area contributed by atoms with Crippen molar-refractivity contribution >= 4 is 17.5 Å². The second-order valence-corrected chi connectivity index (χ2v) is 4.30. The second-order valence-electron chi connectivity index (χ2n) is 4.30. The van der Waals surface area contributed by atoms with Crippen LogP contribution in [0.2, 0.25) is 0 Å². The molecule has 0 aliphatic carbocycles. The van der Waals surface area contributed by atoms with Gasteiger partial charge in [-0.2, -0.15) is 0 Å². The van der Waals surface area contributed by atoms with E-state index < -0.39 is 6.09 Å². The summed E-state index contributed by atoms with van der Waals surface area (Å²) in [6.45, 7) is 1.14. The van der Waals surface area contributed by atoms with Crippen LogP contribution < -0.4 is 11.1 Å². The predicted molar refractivity (Wildman–Crippen MR) is 67.1 cm³/mol. The van der Waals surface area contributed by atoms with Crippen LogP contribution in [0.15, 0.2) is 24.3 Å². The van der Waals surface area contributed by atoms with Gasteiger partial charge in [0, 0.05) is 19.1 Å². The Kier molecular flexibility index (Phi) is 3.37. The average Bonchev–Trinajstić information content (AvgIpc) is 2.32. The molecule has 1 atom stereocenters. The van der Waals surface area contributed by atoms with E-state index in [1.54, 1.807) is 0 Å². The van der Waals surface area contributed by atoms with Crippen molar-refractivity contribution in [3.05, 3.63) is 24.3 Å². The van der Waals surface area contributed by atoms with Crippen molar-refractivity contribution in [2.45, 2.75) is 18.9 Å². The number of piperidine rings is 1. The molecular weight excluding hydrogens is 218 g/mol. The summed E-state index contributed by atoms with van der Waals surface area (Å²) in [5.74, 6) is 0. The van der Waals surface area contributed by atoms with Gasteiger partial charge >= 0.3 is 6.09 Å². The van der Waals surface area contributed by atoms with E-state index in [9.17, 15) is 4.79 Å². The highest BCUT2D eigenvalue weighted by Gasteiger charge is 2.23. The lowest BCUT2D eigenvalue weighted by atomic mass is 10.1. The van der Waals surface area contributed by atoms with Crippen molar-refractivity contribution in [2.75, 3.05) is 24.1 Å². The minimum atomic E-state index is -0.850. The fraction of sp³-hybridized carbons (Fsp3) is 0.417. The maximum Gasteiger partial charge on any atom is 0.407 e. The molecule has 1 aliphatic rings. The first kappa shape index (κ1) is 11.6. The summed E-state index contributed by atoms with van der Waals surface area (Å²) in [6, 6.07) is 7.68. The van der Waals surface area contributed by atoms with E-state index in [0.717, 1.165) is 18.5 Å². The summed E-state index contributed by atoms with van der Waals surface area (Å²) in [5, 5.41) is 12.3. The first-order chi connectivity index (χ1) is 8.16. The topological polar surface area (TPSA) is 78.6 Å². The molecular formula is C12H17N3O2. The summed E-state index contributed by atoms with van der Waals surface area (Å²) in [4.78, 5) is 12.3. The Hall–Kier alpha value is -1.91. The van der Waals surface area contributed by atoms with Crippen LogP contribution in [0.1, 0.15) is 12.8 Å². The fourth-order valence-corrected chi connectivity index (χ4v) is 2.12. The lowest BCUT2D eigenvalue weighted by molar-refractivity contribution is 0.133. The predicted octanol–water partition coefficient (Wildman–Crippen LogP) is 1.82. The molecule has 0 bridgehead atoms. The number of nitrogens with zero attached hydrogens (tertiary/aromatic N) is 1. The largest absolute Gasteiger partial charge is 0.465 e. The van der Waals surface area contributed by atoms with Crippen molar-refractivity contribution in [1.29, 1.82) is 0 Å². The molecule has 1 fully saturated rings. The minimum absolute atomic E-state index is 0.143. The van der Waals surface area contributed by atoms with Crippen molar-refractivity contribution < 1.29 is 9.90 Å². The van der Waals surface area contributed by atoms with Gasteiger partial charge in [-0.1, -0.05) is 12.1 Å². The number of nitrogens with one attached hydrogen (secondary N) is 1. The molecule has 5 heteroatoms. The zero-order chi connectivity index (χ0) is 12.3.